The zero-order chi connectivity index (χ0) is 15.5. The van der Waals surface area contributed by atoms with Crippen LogP contribution in [0.5, 0.6) is 0 Å². The highest BCUT2D eigenvalue weighted by molar-refractivity contribution is 6.11. The maximum Gasteiger partial charge on any atom is 0.337 e. The van der Waals surface area contributed by atoms with Gasteiger partial charge >= 0.3 is 5.97 Å². The molecule has 0 saturated carbocycles. The molecule has 4 nitrogen and oxygen atoms in total. The molecule has 2 aliphatic rings. The smallest absolute Gasteiger partial charge is 0.337 e. The lowest BCUT2D eigenvalue weighted by atomic mass is 9.83. The van der Waals surface area contributed by atoms with E-state index in [4.69, 9.17) is 9.47 Å². The lowest BCUT2D eigenvalue weighted by Crippen LogP contribution is -2.19. The Hall–Kier alpha value is -1.94. The van der Waals surface area contributed by atoms with Crippen molar-refractivity contribution in [3.63, 3.8) is 0 Å². The summed E-state index contributed by atoms with van der Waals surface area (Å²) < 4.78 is 10.1. The number of ketones is 1. The van der Waals surface area contributed by atoms with Crippen LogP contribution in [-0.2, 0) is 15.9 Å². The molecule has 0 bridgehead atoms. The number of carbonyl (C=O) groups is 2. The molecule has 0 spiro atoms. The summed E-state index contributed by atoms with van der Waals surface area (Å²) in [5, 5.41) is 0. The quantitative estimate of drug-likeness (QED) is 0.622. The van der Waals surface area contributed by atoms with E-state index in [1.165, 1.54) is 7.11 Å². The summed E-state index contributed by atoms with van der Waals surface area (Å²) in [4.78, 5) is 24.2. The van der Waals surface area contributed by atoms with Crippen molar-refractivity contribution in [3.8, 4) is 0 Å². The highest BCUT2D eigenvalue weighted by atomic mass is 16.5. The molecule has 1 aliphatic heterocycles. The Balaban J connectivity index is 1.83. The molecule has 0 radical (unpaired) electrons. The Morgan fingerprint density at radius 2 is 2.05 bits per heavy atom. The number of allylic oxidation sites excluding steroid dienone is 2. The van der Waals surface area contributed by atoms with Crippen LogP contribution in [0, 0.1) is 5.92 Å². The highest BCUT2D eigenvalue weighted by Crippen LogP contribution is 2.29. The fourth-order valence-electron chi connectivity index (χ4n) is 3.15. The molecule has 22 heavy (non-hydrogen) atoms. The van der Waals surface area contributed by atoms with Gasteiger partial charge in [-0.1, -0.05) is 6.08 Å². The number of benzene rings is 1. The molecule has 0 aromatic heterocycles. The van der Waals surface area contributed by atoms with Gasteiger partial charge in [0.05, 0.1) is 12.7 Å². The van der Waals surface area contributed by atoms with Crippen LogP contribution < -0.4 is 0 Å². The van der Waals surface area contributed by atoms with E-state index < -0.39 is 0 Å². The third-order valence-electron chi connectivity index (χ3n) is 4.43. The number of hydrogen-bond donors (Lipinski definition) is 0. The van der Waals surface area contributed by atoms with Crippen molar-refractivity contribution in [2.45, 2.75) is 25.7 Å². The minimum Gasteiger partial charge on any atom is -0.465 e. The zero-order valence-electron chi connectivity index (χ0n) is 12.8. The van der Waals surface area contributed by atoms with Gasteiger partial charge < -0.3 is 9.47 Å². The topological polar surface area (TPSA) is 52.6 Å². The van der Waals surface area contributed by atoms with Gasteiger partial charge in [-0.3, -0.25) is 4.79 Å². The Morgan fingerprint density at radius 1 is 1.27 bits per heavy atom. The van der Waals surface area contributed by atoms with Gasteiger partial charge in [-0.05, 0) is 60.9 Å². The number of aryl methyl sites for hydroxylation is 1. The molecule has 0 amide bonds. The van der Waals surface area contributed by atoms with Gasteiger partial charge in [0.1, 0.15) is 0 Å². The van der Waals surface area contributed by atoms with Gasteiger partial charge in [-0.2, -0.15) is 0 Å². The Kier molecular flexibility index (Phi) is 4.39. The predicted molar refractivity (Wildman–Crippen MR) is 82.1 cm³/mol. The van der Waals surface area contributed by atoms with Crippen molar-refractivity contribution >= 4 is 11.8 Å². The number of esters is 1. The van der Waals surface area contributed by atoms with Crippen LogP contribution in [0.15, 0.2) is 29.8 Å². The Labute approximate surface area is 130 Å². The number of methoxy groups -OCH3 is 1. The maximum absolute atomic E-state index is 12.6. The molecule has 1 fully saturated rings. The second kappa shape index (κ2) is 6.44. The number of Topliss-reactive ketones (excluding diaryl/α,β-unsaturated/α-hetero) is 1. The minimum atomic E-state index is -0.362. The molecule has 1 heterocycles. The molecule has 4 heteroatoms. The van der Waals surface area contributed by atoms with E-state index in [2.05, 4.69) is 6.08 Å². The van der Waals surface area contributed by atoms with Crippen molar-refractivity contribution in [1.29, 1.82) is 0 Å². The monoisotopic (exact) mass is 300 g/mol. The molecule has 1 aromatic rings. The minimum absolute atomic E-state index is 0.101. The Bertz CT molecular complexity index is 624. The normalized spacial score (nSPS) is 20.8. The van der Waals surface area contributed by atoms with Crippen molar-refractivity contribution in [2.24, 2.45) is 5.92 Å². The molecule has 3 rings (SSSR count). The van der Waals surface area contributed by atoms with Gasteiger partial charge in [-0.25, -0.2) is 4.79 Å². The summed E-state index contributed by atoms with van der Waals surface area (Å²) in [6.07, 6.45) is 5.66. The van der Waals surface area contributed by atoms with E-state index in [1.807, 2.05) is 0 Å². The van der Waals surface area contributed by atoms with Crippen molar-refractivity contribution in [2.75, 3.05) is 20.3 Å². The number of hydrogen-bond acceptors (Lipinski definition) is 4. The largest absolute Gasteiger partial charge is 0.465 e. The van der Waals surface area contributed by atoms with Gasteiger partial charge in [0.2, 0.25) is 0 Å². The van der Waals surface area contributed by atoms with Gasteiger partial charge in [0.25, 0.3) is 0 Å². The first kappa shape index (κ1) is 15.0. The zero-order valence-corrected chi connectivity index (χ0v) is 12.8. The number of ether oxygens (including phenoxy) is 2. The summed E-state index contributed by atoms with van der Waals surface area (Å²) in [5.74, 6) is 0.187. The molecule has 1 saturated heterocycles. The van der Waals surface area contributed by atoms with E-state index in [1.54, 1.807) is 18.2 Å². The first-order valence-electron chi connectivity index (χ1n) is 7.73. The molecular formula is C18H20O4. The Morgan fingerprint density at radius 3 is 2.77 bits per heavy atom. The summed E-state index contributed by atoms with van der Waals surface area (Å²) in [5.41, 5.74) is 3.07. The second-order valence-corrected chi connectivity index (χ2v) is 5.83. The lowest BCUT2D eigenvalue weighted by molar-refractivity contribution is 0.0600. The highest BCUT2D eigenvalue weighted by Gasteiger charge is 2.24. The van der Waals surface area contributed by atoms with E-state index in [9.17, 15) is 9.59 Å². The van der Waals surface area contributed by atoms with Gasteiger partial charge in [0, 0.05) is 18.8 Å². The summed E-state index contributed by atoms with van der Waals surface area (Å²) in [6, 6.07) is 5.20. The van der Waals surface area contributed by atoms with Crippen LogP contribution in [0.25, 0.3) is 0 Å². The summed E-state index contributed by atoms with van der Waals surface area (Å²) in [7, 11) is 1.36. The van der Waals surface area contributed by atoms with Crippen LogP contribution in [0.1, 0.15) is 45.5 Å². The predicted octanol–water partition coefficient (Wildman–Crippen LogP) is 2.96. The molecule has 1 aliphatic carbocycles. The first-order valence-corrected chi connectivity index (χ1v) is 7.73. The van der Waals surface area contributed by atoms with Crippen LogP contribution in [0.2, 0.25) is 0 Å². The first-order chi connectivity index (χ1) is 10.7. The van der Waals surface area contributed by atoms with Crippen LogP contribution >= 0.6 is 0 Å². The van der Waals surface area contributed by atoms with Crippen LogP contribution in [0.4, 0.5) is 0 Å². The number of rotatable bonds is 2. The molecule has 116 valence electrons. The second-order valence-electron chi connectivity index (χ2n) is 5.83. The third-order valence-corrected chi connectivity index (χ3v) is 4.43. The molecule has 0 unspecified atom stereocenters. The van der Waals surface area contributed by atoms with Crippen LogP contribution in [-0.4, -0.2) is 32.1 Å². The molecule has 0 N–H and O–H groups in total. The average Bonchev–Trinajstić information content (AvgIpc) is 2.57. The van der Waals surface area contributed by atoms with Crippen molar-refractivity contribution in [1.82, 2.24) is 0 Å². The van der Waals surface area contributed by atoms with Gasteiger partial charge in [0.15, 0.2) is 5.78 Å². The summed E-state index contributed by atoms with van der Waals surface area (Å²) >= 11 is 0. The molecule has 0 atom stereocenters. The average molecular weight is 300 g/mol. The lowest BCUT2D eigenvalue weighted by Gasteiger charge is -2.23. The fraction of sp³-hybridized carbons (Fsp3) is 0.444. The standard InChI is InChI=1S/C18H20O4/c1-21-18(20)15-4-5-16-13(11-15)2-3-14(17(16)19)10-12-6-8-22-9-7-12/h4-5,10-12H,2-3,6-9H2,1H3/b14-10+. The molecule has 1 aromatic carbocycles. The summed E-state index contributed by atoms with van der Waals surface area (Å²) in [6.45, 7) is 1.56. The van der Waals surface area contributed by atoms with Crippen molar-refractivity contribution in [3.05, 3.63) is 46.5 Å². The van der Waals surface area contributed by atoms with E-state index in [-0.39, 0.29) is 11.8 Å². The van der Waals surface area contributed by atoms with E-state index in [0.29, 0.717) is 11.5 Å². The van der Waals surface area contributed by atoms with Crippen LogP contribution in [0.3, 0.4) is 0 Å². The maximum atomic E-state index is 12.6. The van der Waals surface area contributed by atoms with Gasteiger partial charge in [-0.15, -0.1) is 0 Å². The van der Waals surface area contributed by atoms with E-state index >= 15 is 0 Å². The van der Waals surface area contributed by atoms with E-state index in [0.717, 1.165) is 55.6 Å². The third kappa shape index (κ3) is 2.97. The molecular weight excluding hydrogens is 280 g/mol. The van der Waals surface area contributed by atoms with Crippen molar-refractivity contribution < 1.29 is 19.1 Å². The number of carbonyl (C=O) groups excluding carboxylic acids is 2. The SMILES string of the molecule is COC(=O)c1ccc2c(c1)CC/C(=C\C1CCOCC1)C2=O. The fourth-order valence-corrected chi connectivity index (χ4v) is 3.15. The number of fused-ring (bicyclic) bond motifs is 1.